The summed E-state index contributed by atoms with van der Waals surface area (Å²) in [7, 11) is -3.56. The van der Waals surface area contributed by atoms with Crippen molar-refractivity contribution in [2.45, 2.75) is 83.8 Å². The summed E-state index contributed by atoms with van der Waals surface area (Å²) in [5, 5.41) is 3.07. The molecule has 9 heteroatoms. The van der Waals surface area contributed by atoms with Crippen molar-refractivity contribution in [1.29, 1.82) is 0 Å². The molecule has 0 radical (unpaired) electrons. The molecule has 2 amide bonds. The number of sulfonamides is 1. The molecule has 7 nitrogen and oxygen atoms in total. The van der Waals surface area contributed by atoms with Gasteiger partial charge in [0.05, 0.1) is 11.9 Å². The Hall–Kier alpha value is -2.94. The minimum absolute atomic E-state index is 0.0224. The van der Waals surface area contributed by atoms with Crippen molar-refractivity contribution >= 4 is 27.5 Å². The van der Waals surface area contributed by atoms with Crippen molar-refractivity contribution in [3.8, 4) is 0 Å². The molecule has 0 aliphatic heterocycles. The fourth-order valence-electron chi connectivity index (χ4n) is 4.86. The van der Waals surface area contributed by atoms with Gasteiger partial charge < -0.3 is 10.2 Å². The van der Waals surface area contributed by atoms with Gasteiger partial charge in [-0.2, -0.15) is 0 Å². The zero-order valence-corrected chi connectivity index (χ0v) is 23.5. The number of amides is 2. The van der Waals surface area contributed by atoms with E-state index in [1.807, 2.05) is 19.1 Å². The first kappa shape index (κ1) is 29.6. The number of benzene rings is 2. The van der Waals surface area contributed by atoms with Crippen LogP contribution in [-0.2, 0) is 32.6 Å². The summed E-state index contributed by atoms with van der Waals surface area (Å²) in [6, 6.07) is 12.8. The Kier molecular flexibility index (Phi) is 10.7. The van der Waals surface area contributed by atoms with E-state index in [9.17, 15) is 22.4 Å². The largest absolute Gasteiger partial charge is 0.352 e. The Balaban J connectivity index is 1.71. The first-order valence-electron chi connectivity index (χ1n) is 13.5. The predicted molar refractivity (Wildman–Crippen MR) is 149 cm³/mol. The van der Waals surface area contributed by atoms with Crippen LogP contribution in [0.4, 0.5) is 10.1 Å². The standard InChI is InChI=1S/C29H40FN3O4S/c1-4-23-16-18-26(19-17-23)33(38(3,36)37)20-10-15-28(34)32(21-24-11-8-9-14-27(24)30)22(2)29(35)31-25-12-6-5-7-13-25/h8-9,11,14,16-19,22,25H,4-7,10,12-13,15,20-21H2,1-3H3,(H,31,35). The van der Waals surface area contributed by atoms with Crippen molar-refractivity contribution in [3.05, 3.63) is 65.5 Å². The Labute approximate surface area is 226 Å². The van der Waals surface area contributed by atoms with E-state index < -0.39 is 21.9 Å². The zero-order chi connectivity index (χ0) is 27.7. The molecule has 0 saturated heterocycles. The summed E-state index contributed by atoms with van der Waals surface area (Å²) in [5.41, 5.74) is 1.97. The van der Waals surface area contributed by atoms with E-state index in [4.69, 9.17) is 0 Å². The SMILES string of the molecule is CCc1ccc(N(CCCC(=O)N(Cc2ccccc2F)C(C)C(=O)NC2CCCCC2)S(C)(=O)=O)cc1. The Morgan fingerprint density at radius 1 is 1.05 bits per heavy atom. The average Bonchev–Trinajstić information content (AvgIpc) is 2.90. The molecule has 38 heavy (non-hydrogen) atoms. The minimum Gasteiger partial charge on any atom is -0.352 e. The van der Waals surface area contributed by atoms with E-state index in [0.29, 0.717) is 11.3 Å². The third kappa shape index (κ3) is 8.28. The maximum Gasteiger partial charge on any atom is 0.242 e. The van der Waals surface area contributed by atoms with Crippen molar-refractivity contribution in [2.24, 2.45) is 0 Å². The van der Waals surface area contributed by atoms with Gasteiger partial charge in [-0.1, -0.05) is 56.5 Å². The number of aryl methyl sites for hydroxylation is 1. The number of hydrogen-bond acceptors (Lipinski definition) is 4. The van der Waals surface area contributed by atoms with E-state index in [1.54, 1.807) is 37.3 Å². The molecular formula is C29H40FN3O4S. The third-order valence-electron chi connectivity index (χ3n) is 7.20. The lowest BCUT2D eigenvalue weighted by Crippen LogP contribution is -2.50. The van der Waals surface area contributed by atoms with E-state index in [2.05, 4.69) is 5.32 Å². The highest BCUT2D eigenvalue weighted by Crippen LogP contribution is 2.21. The van der Waals surface area contributed by atoms with E-state index in [-0.39, 0.29) is 43.8 Å². The molecule has 1 aliphatic carbocycles. The highest BCUT2D eigenvalue weighted by atomic mass is 32.2. The van der Waals surface area contributed by atoms with Gasteiger partial charge in [0.2, 0.25) is 21.8 Å². The summed E-state index contributed by atoms with van der Waals surface area (Å²) >= 11 is 0. The number of nitrogens with one attached hydrogen (secondary N) is 1. The maximum atomic E-state index is 14.5. The normalized spacial score (nSPS) is 15.1. The number of carbonyl (C=O) groups excluding carboxylic acids is 2. The predicted octanol–water partition coefficient (Wildman–Crippen LogP) is 4.80. The van der Waals surface area contributed by atoms with Gasteiger partial charge >= 0.3 is 0 Å². The van der Waals surface area contributed by atoms with Crippen LogP contribution in [0.25, 0.3) is 0 Å². The monoisotopic (exact) mass is 545 g/mol. The molecule has 1 fully saturated rings. The highest BCUT2D eigenvalue weighted by Gasteiger charge is 2.29. The summed E-state index contributed by atoms with van der Waals surface area (Å²) in [6.07, 6.45) is 7.39. The average molecular weight is 546 g/mol. The van der Waals surface area contributed by atoms with Gasteiger partial charge in [0.1, 0.15) is 11.9 Å². The van der Waals surface area contributed by atoms with Crippen molar-refractivity contribution < 1.29 is 22.4 Å². The van der Waals surface area contributed by atoms with E-state index in [0.717, 1.165) is 50.3 Å². The van der Waals surface area contributed by atoms with Crippen LogP contribution in [0, 0.1) is 5.82 Å². The first-order chi connectivity index (χ1) is 18.1. The van der Waals surface area contributed by atoms with Crippen LogP contribution in [0.15, 0.2) is 48.5 Å². The van der Waals surface area contributed by atoms with Crippen molar-refractivity contribution in [3.63, 3.8) is 0 Å². The summed E-state index contributed by atoms with van der Waals surface area (Å²) in [5.74, 6) is -1.02. The number of hydrogen-bond donors (Lipinski definition) is 1. The number of halogens is 1. The van der Waals surface area contributed by atoms with Gasteiger partial charge in [0.25, 0.3) is 0 Å². The van der Waals surface area contributed by atoms with E-state index in [1.165, 1.54) is 15.3 Å². The van der Waals surface area contributed by atoms with Crippen LogP contribution < -0.4 is 9.62 Å². The van der Waals surface area contributed by atoms with Gasteiger partial charge in [0, 0.05) is 31.1 Å². The minimum atomic E-state index is -3.56. The second-order valence-corrected chi connectivity index (χ2v) is 12.0. The lowest BCUT2D eigenvalue weighted by atomic mass is 9.95. The molecule has 1 saturated carbocycles. The molecule has 1 atom stereocenters. The molecule has 1 N–H and O–H groups in total. The third-order valence-corrected chi connectivity index (χ3v) is 8.40. The molecule has 2 aromatic rings. The maximum absolute atomic E-state index is 14.5. The molecule has 1 unspecified atom stereocenters. The lowest BCUT2D eigenvalue weighted by molar-refractivity contribution is -0.141. The number of carbonyl (C=O) groups is 2. The highest BCUT2D eigenvalue weighted by molar-refractivity contribution is 7.92. The van der Waals surface area contributed by atoms with Gasteiger partial charge in [-0.05, 0) is 56.4 Å². The summed E-state index contributed by atoms with van der Waals surface area (Å²) < 4.78 is 40.8. The van der Waals surface area contributed by atoms with Crippen LogP contribution in [0.2, 0.25) is 0 Å². The van der Waals surface area contributed by atoms with E-state index >= 15 is 0 Å². The zero-order valence-electron chi connectivity index (χ0n) is 22.7. The number of anilines is 1. The van der Waals surface area contributed by atoms with Gasteiger partial charge in [-0.25, -0.2) is 12.8 Å². The quantitative estimate of drug-likeness (QED) is 0.415. The van der Waals surface area contributed by atoms with Gasteiger partial charge in [0.15, 0.2) is 0 Å². The fraction of sp³-hybridized carbons (Fsp3) is 0.517. The summed E-state index contributed by atoms with van der Waals surface area (Å²) in [4.78, 5) is 27.9. The molecule has 0 spiro atoms. The molecule has 2 aromatic carbocycles. The van der Waals surface area contributed by atoms with Gasteiger partial charge in [-0.15, -0.1) is 0 Å². The fourth-order valence-corrected chi connectivity index (χ4v) is 5.83. The molecular weight excluding hydrogens is 505 g/mol. The molecule has 3 rings (SSSR count). The Morgan fingerprint density at radius 2 is 1.71 bits per heavy atom. The molecule has 0 aromatic heterocycles. The van der Waals surface area contributed by atoms with Crippen LogP contribution in [0.1, 0.15) is 69.9 Å². The van der Waals surface area contributed by atoms with Crippen molar-refractivity contribution in [2.75, 3.05) is 17.1 Å². The second kappa shape index (κ2) is 13.7. The number of rotatable bonds is 12. The Bertz CT molecular complexity index is 1180. The second-order valence-electron chi connectivity index (χ2n) is 10.1. The molecule has 0 bridgehead atoms. The van der Waals surface area contributed by atoms with Crippen LogP contribution in [0.3, 0.4) is 0 Å². The summed E-state index contributed by atoms with van der Waals surface area (Å²) in [6.45, 7) is 3.76. The molecule has 0 heterocycles. The lowest BCUT2D eigenvalue weighted by Gasteiger charge is -2.31. The van der Waals surface area contributed by atoms with Gasteiger partial charge in [-0.3, -0.25) is 13.9 Å². The van der Waals surface area contributed by atoms with Crippen molar-refractivity contribution in [1.82, 2.24) is 10.2 Å². The topological polar surface area (TPSA) is 86.8 Å². The molecule has 208 valence electrons. The first-order valence-corrected chi connectivity index (χ1v) is 15.3. The van der Waals surface area contributed by atoms with Crippen LogP contribution in [-0.4, -0.2) is 50.0 Å². The van der Waals surface area contributed by atoms with Crippen LogP contribution >= 0.6 is 0 Å². The smallest absolute Gasteiger partial charge is 0.242 e. The Morgan fingerprint density at radius 3 is 2.32 bits per heavy atom. The number of nitrogens with zero attached hydrogens (tertiary/aromatic N) is 2. The molecule has 1 aliphatic rings. The van der Waals surface area contributed by atoms with Crippen LogP contribution in [0.5, 0.6) is 0 Å².